The van der Waals surface area contributed by atoms with Crippen molar-refractivity contribution in [3.63, 3.8) is 0 Å². The highest BCUT2D eigenvalue weighted by Gasteiger charge is 2.24. The highest BCUT2D eigenvalue weighted by atomic mass is 16.2. The zero-order valence-corrected chi connectivity index (χ0v) is 14.3. The van der Waals surface area contributed by atoms with Gasteiger partial charge in [0.05, 0.1) is 0 Å². The molecule has 24 heavy (non-hydrogen) atoms. The molecule has 0 unspecified atom stereocenters. The monoisotopic (exact) mass is 329 g/mol. The quantitative estimate of drug-likeness (QED) is 0.804. The van der Waals surface area contributed by atoms with Crippen LogP contribution in [0.5, 0.6) is 0 Å². The van der Waals surface area contributed by atoms with Crippen molar-refractivity contribution in [2.75, 3.05) is 26.2 Å². The van der Waals surface area contributed by atoms with E-state index < -0.39 is 0 Å². The number of carbonyl (C=O) groups is 2. The Morgan fingerprint density at radius 3 is 2.96 bits per heavy atom. The van der Waals surface area contributed by atoms with E-state index in [9.17, 15) is 9.59 Å². The minimum absolute atomic E-state index is 0.247. The Labute approximate surface area is 144 Å². The second kappa shape index (κ2) is 8.27. The lowest BCUT2D eigenvalue weighted by Gasteiger charge is -2.33. The number of nitrogens with zero attached hydrogens (tertiary/aromatic N) is 3. The molecule has 5 heteroatoms. The third-order valence-corrected chi connectivity index (χ3v) is 5.11. The molecule has 0 bridgehead atoms. The second-order valence-electron chi connectivity index (χ2n) is 7.00. The number of likely N-dealkylation sites (tertiary alicyclic amines) is 2. The molecule has 1 atom stereocenters. The lowest BCUT2D eigenvalue weighted by Crippen LogP contribution is -2.40. The third-order valence-electron chi connectivity index (χ3n) is 5.11. The van der Waals surface area contributed by atoms with Crippen LogP contribution in [-0.2, 0) is 16.0 Å². The molecule has 2 saturated heterocycles. The Balaban J connectivity index is 1.42. The fraction of sp³-hybridized carbons (Fsp3) is 0.632. The molecule has 2 amide bonds. The minimum Gasteiger partial charge on any atom is -0.343 e. The summed E-state index contributed by atoms with van der Waals surface area (Å²) < 4.78 is 0. The zero-order valence-electron chi connectivity index (χ0n) is 14.3. The summed E-state index contributed by atoms with van der Waals surface area (Å²) in [5.41, 5.74) is 1.25. The van der Waals surface area contributed by atoms with Gasteiger partial charge in [-0.1, -0.05) is 6.07 Å². The highest BCUT2D eigenvalue weighted by molar-refractivity contribution is 5.78. The molecule has 0 saturated carbocycles. The first-order valence-electron chi connectivity index (χ1n) is 9.17. The topological polar surface area (TPSA) is 53.5 Å². The van der Waals surface area contributed by atoms with E-state index in [4.69, 9.17) is 0 Å². The van der Waals surface area contributed by atoms with E-state index >= 15 is 0 Å². The molecule has 130 valence electrons. The summed E-state index contributed by atoms with van der Waals surface area (Å²) in [6.07, 6.45) is 9.98. The van der Waals surface area contributed by atoms with Crippen LogP contribution in [0.15, 0.2) is 24.5 Å². The van der Waals surface area contributed by atoms with Crippen LogP contribution in [0.4, 0.5) is 0 Å². The predicted octanol–water partition coefficient (Wildman–Crippen LogP) is 2.27. The van der Waals surface area contributed by atoms with Gasteiger partial charge >= 0.3 is 0 Å². The zero-order chi connectivity index (χ0) is 16.8. The van der Waals surface area contributed by atoms with Gasteiger partial charge in [-0.3, -0.25) is 14.6 Å². The number of hydrogen-bond donors (Lipinski definition) is 0. The van der Waals surface area contributed by atoms with E-state index in [2.05, 4.69) is 11.1 Å². The predicted molar refractivity (Wildman–Crippen MR) is 92.3 cm³/mol. The summed E-state index contributed by atoms with van der Waals surface area (Å²) in [5.74, 6) is 1.03. The number of rotatable bonds is 6. The van der Waals surface area contributed by atoms with E-state index in [0.29, 0.717) is 18.8 Å². The molecule has 0 aliphatic carbocycles. The summed E-state index contributed by atoms with van der Waals surface area (Å²) >= 11 is 0. The van der Waals surface area contributed by atoms with Crippen LogP contribution < -0.4 is 0 Å². The van der Waals surface area contributed by atoms with Gasteiger partial charge < -0.3 is 9.80 Å². The molecule has 1 aromatic heterocycles. The van der Waals surface area contributed by atoms with Crippen LogP contribution in [0.3, 0.4) is 0 Å². The van der Waals surface area contributed by atoms with Gasteiger partial charge in [0.25, 0.3) is 0 Å². The third kappa shape index (κ3) is 4.56. The average molecular weight is 329 g/mol. The Morgan fingerprint density at radius 2 is 2.21 bits per heavy atom. The lowest BCUT2D eigenvalue weighted by atomic mass is 9.91. The molecule has 2 fully saturated rings. The van der Waals surface area contributed by atoms with E-state index in [1.165, 1.54) is 12.0 Å². The summed E-state index contributed by atoms with van der Waals surface area (Å²) in [7, 11) is 0. The number of pyridine rings is 1. The molecule has 1 aromatic rings. The SMILES string of the molecule is O=C1CCCN1CCCC(=O)N1CCC[C@@H](Cc2cccnc2)C1. The van der Waals surface area contributed by atoms with Gasteiger partial charge in [-0.2, -0.15) is 0 Å². The second-order valence-corrected chi connectivity index (χ2v) is 7.00. The van der Waals surface area contributed by atoms with E-state index in [-0.39, 0.29) is 11.8 Å². The number of amides is 2. The van der Waals surface area contributed by atoms with Gasteiger partial charge in [0.1, 0.15) is 0 Å². The normalized spacial score (nSPS) is 21.3. The Morgan fingerprint density at radius 1 is 1.29 bits per heavy atom. The maximum atomic E-state index is 12.5. The van der Waals surface area contributed by atoms with Crippen molar-refractivity contribution in [2.45, 2.75) is 44.9 Å². The smallest absolute Gasteiger partial charge is 0.222 e. The molecular weight excluding hydrogens is 302 g/mol. The molecule has 2 aliphatic heterocycles. The van der Waals surface area contributed by atoms with Crippen molar-refractivity contribution in [1.82, 2.24) is 14.8 Å². The van der Waals surface area contributed by atoms with E-state index in [1.54, 1.807) is 6.20 Å². The first kappa shape index (κ1) is 16.9. The fourth-order valence-electron chi connectivity index (χ4n) is 3.83. The number of piperidine rings is 1. The molecule has 0 spiro atoms. The van der Waals surface area contributed by atoms with Crippen LogP contribution in [0.2, 0.25) is 0 Å². The first-order chi connectivity index (χ1) is 11.7. The van der Waals surface area contributed by atoms with E-state index in [0.717, 1.165) is 51.9 Å². The fourth-order valence-corrected chi connectivity index (χ4v) is 3.83. The molecule has 3 rings (SSSR count). The molecule has 0 aromatic carbocycles. The highest BCUT2D eigenvalue weighted by Crippen LogP contribution is 2.21. The van der Waals surface area contributed by atoms with Gasteiger partial charge in [0, 0.05) is 51.4 Å². The van der Waals surface area contributed by atoms with Crippen LogP contribution in [0.1, 0.15) is 44.1 Å². The Hall–Kier alpha value is -1.91. The number of aromatic nitrogens is 1. The van der Waals surface area contributed by atoms with Gasteiger partial charge in [0.2, 0.25) is 11.8 Å². The van der Waals surface area contributed by atoms with Crippen LogP contribution >= 0.6 is 0 Å². The number of hydrogen-bond acceptors (Lipinski definition) is 3. The lowest BCUT2D eigenvalue weighted by molar-refractivity contribution is -0.134. The number of carbonyl (C=O) groups excluding carboxylic acids is 2. The molecule has 0 radical (unpaired) electrons. The van der Waals surface area contributed by atoms with Crippen molar-refractivity contribution < 1.29 is 9.59 Å². The average Bonchev–Trinajstić information content (AvgIpc) is 3.01. The van der Waals surface area contributed by atoms with Gasteiger partial charge in [-0.05, 0) is 49.7 Å². The Kier molecular flexibility index (Phi) is 5.83. The summed E-state index contributed by atoms with van der Waals surface area (Å²) in [6, 6.07) is 4.08. The van der Waals surface area contributed by atoms with Crippen molar-refractivity contribution in [2.24, 2.45) is 5.92 Å². The standard InChI is InChI=1S/C19H27N3O2/c23-18-7-3-10-21(18)11-4-8-19(24)22-12-2-6-17(15-22)13-16-5-1-9-20-14-16/h1,5,9,14,17H,2-4,6-8,10-13,15H2/t17-/m0/s1. The summed E-state index contributed by atoms with van der Waals surface area (Å²) in [6.45, 7) is 3.34. The van der Waals surface area contributed by atoms with E-state index in [1.807, 2.05) is 22.1 Å². The van der Waals surface area contributed by atoms with Crippen LogP contribution in [0, 0.1) is 5.92 Å². The molecule has 0 N–H and O–H groups in total. The van der Waals surface area contributed by atoms with Crippen molar-refractivity contribution in [1.29, 1.82) is 0 Å². The minimum atomic E-state index is 0.247. The van der Waals surface area contributed by atoms with Crippen molar-refractivity contribution in [3.8, 4) is 0 Å². The molecule has 2 aliphatic rings. The van der Waals surface area contributed by atoms with Gasteiger partial charge in [-0.15, -0.1) is 0 Å². The largest absolute Gasteiger partial charge is 0.343 e. The maximum absolute atomic E-state index is 12.5. The van der Waals surface area contributed by atoms with Crippen LogP contribution in [-0.4, -0.2) is 52.8 Å². The first-order valence-corrected chi connectivity index (χ1v) is 9.17. The molecule has 5 nitrogen and oxygen atoms in total. The van der Waals surface area contributed by atoms with Crippen molar-refractivity contribution >= 4 is 11.8 Å². The summed E-state index contributed by atoms with van der Waals surface area (Å²) in [5, 5.41) is 0. The van der Waals surface area contributed by atoms with Crippen molar-refractivity contribution in [3.05, 3.63) is 30.1 Å². The molecule has 3 heterocycles. The maximum Gasteiger partial charge on any atom is 0.222 e. The van der Waals surface area contributed by atoms with Gasteiger partial charge in [0.15, 0.2) is 0 Å². The van der Waals surface area contributed by atoms with Gasteiger partial charge in [-0.25, -0.2) is 0 Å². The Bertz CT molecular complexity index is 561. The van der Waals surface area contributed by atoms with Crippen LogP contribution in [0.25, 0.3) is 0 Å². The molecular formula is C19H27N3O2. The summed E-state index contributed by atoms with van der Waals surface area (Å²) in [4.78, 5) is 32.2.